The van der Waals surface area contributed by atoms with Gasteiger partial charge in [0, 0.05) is 54.6 Å². The maximum atomic E-state index is 15.4. The van der Waals surface area contributed by atoms with Gasteiger partial charge in [-0.3, -0.25) is 4.79 Å². The third kappa shape index (κ3) is 3.29. The van der Waals surface area contributed by atoms with Crippen LogP contribution in [-0.4, -0.2) is 47.1 Å². The van der Waals surface area contributed by atoms with Gasteiger partial charge in [0.25, 0.3) is 5.91 Å². The lowest BCUT2D eigenvalue weighted by Crippen LogP contribution is -2.31. The van der Waals surface area contributed by atoms with Gasteiger partial charge in [0.2, 0.25) is 0 Å². The monoisotopic (exact) mass is 443 g/mol. The minimum atomic E-state index is -1.09. The quantitative estimate of drug-likeness (QED) is 0.627. The minimum Gasteiger partial charge on any atom is -0.398 e. The van der Waals surface area contributed by atoms with E-state index in [4.69, 9.17) is 22.6 Å². The number of nitrogens with one attached hydrogen (secondary N) is 1. The first-order valence-electron chi connectivity index (χ1n) is 9.95. The Labute approximate surface area is 184 Å². The van der Waals surface area contributed by atoms with Crippen molar-refractivity contribution in [2.24, 2.45) is 0 Å². The summed E-state index contributed by atoms with van der Waals surface area (Å²) in [4.78, 5) is 18.2. The summed E-state index contributed by atoms with van der Waals surface area (Å²) in [6.45, 7) is 0.529. The number of fused-ring (bicyclic) bond motifs is 2. The normalized spacial score (nSPS) is 24.0. The second-order valence-electron chi connectivity index (χ2n) is 8.67. The maximum absolute atomic E-state index is 15.4. The van der Waals surface area contributed by atoms with E-state index in [2.05, 4.69) is 16.4 Å². The van der Waals surface area contributed by atoms with Crippen LogP contribution in [0.5, 0.6) is 0 Å². The number of benzene rings is 1. The van der Waals surface area contributed by atoms with Crippen molar-refractivity contribution in [2.75, 3.05) is 31.7 Å². The first-order valence-corrected chi connectivity index (χ1v) is 10.3. The van der Waals surface area contributed by atoms with Crippen LogP contribution in [0, 0.1) is 17.1 Å². The Morgan fingerprint density at radius 3 is 2.84 bits per heavy atom. The van der Waals surface area contributed by atoms with Crippen LogP contribution in [0.4, 0.5) is 15.9 Å². The molecule has 0 radical (unpaired) electrons. The molecule has 7 nitrogen and oxygen atoms in total. The number of amides is 1. The van der Waals surface area contributed by atoms with Crippen molar-refractivity contribution in [3.8, 4) is 17.2 Å². The number of aliphatic hydroxyl groups is 1. The Morgan fingerprint density at radius 2 is 2.16 bits per heavy atom. The van der Waals surface area contributed by atoms with E-state index >= 15 is 4.39 Å². The van der Waals surface area contributed by atoms with Gasteiger partial charge in [0.15, 0.2) is 0 Å². The Hall–Kier alpha value is -2.89. The van der Waals surface area contributed by atoms with Crippen molar-refractivity contribution in [1.82, 2.24) is 9.88 Å². The van der Waals surface area contributed by atoms with Crippen molar-refractivity contribution in [3.63, 3.8) is 0 Å². The van der Waals surface area contributed by atoms with Crippen LogP contribution >= 0.6 is 11.6 Å². The number of nitrogen functional groups attached to an aromatic ring is 1. The molecule has 2 aliphatic rings. The fourth-order valence-corrected chi connectivity index (χ4v) is 5.26. The molecule has 0 bridgehead atoms. The number of carbonyl (C=O) groups excluding carboxylic acids is 1. The van der Waals surface area contributed by atoms with Gasteiger partial charge < -0.3 is 21.1 Å². The third-order valence-corrected chi connectivity index (χ3v) is 6.76. The van der Waals surface area contributed by atoms with E-state index in [-0.39, 0.29) is 23.2 Å². The summed E-state index contributed by atoms with van der Waals surface area (Å²) in [5.74, 6) is -0.706. The van der Waals surface area contributed by atoms with E-state index in [1.807, 2.05) is 0 Å². The van der Waals surface area contributed by atoms with Crippen LogP contribution in [0.15, 0.2) is 18.3 Å². The molecule has 9 heteroatoms. The summed E-state index contributed by atoms with van der Waals surface area (Å²) in [5, 5.41) is 23.5. The third-order valence-electron chi connectivity index (χ3n) is 6.37. The lowest BCUT2D eigenvalue weighted by molar-refractivity contribution is 0.0467. The molecular weight excluding hydrogens is 421 g/mol. The zero-order chi connectivity index (χ0) is 22.6. The molecule has 0 unspecified atom stereocenters. The maximum Gasteiger partial charge on any atom is 0.258 e. The lowest BCUT2D eigenvalue weighted by Gasteiger charge is -2.27. The van der Waals surface area contributed by atoms with Gasteiger partial charge in [0.1, 0.15) is 11.6 Å². The van der Waals surface area contributed by atoms with Crippen LogP contribution in [0.1, 0.15) is 41.6 Å². The molecule has 0 saturated heterocycles. The summed E-state index contributed by atoms with van der Waals surface area (Å²) < 4.78 is 15.4. The first-order chi connectivity index (χ1) is 14.6. The number of nitriles is 1. The molecule has 4 rings (SSSR count). The molecule has 2 aromatic rings. The van der Waals surface area contributed by atoms with Crippen LogP contribution < -0.4 is 11.1 Å². The molecule has 1 aromatic heterocycles. The Balaban J connectivity index is 1.84. The molecule has 1 amide bonds. The van der Waals surface area contributed by atoms with Crippen molar-refractivity contribution in [3.05, 3.63) is 40.3 Å². The zero-order valence-electron chi connectivity index (χ0n) is 17.3. The number of halogens is 2. The summed E-state index contributed by atoms with van der Waals surface area (Å²) >= 11 is 6.81. The van der Waals surface area contributed by atoms with E-state index in [1.54, 1.807) is 0 Å². The van der Waals surface area contributed by atoms with Gasteiger partial charge in [0.05, 0.1) is 28.7 Å². The molecule has 1 aliphatic carbocycles. The Bertz CT molecular complexity index is 1130. The van der Waals surface area contributed by atoms with Crippen LogP contribution in [0.3, 0.4) is 0 Å². The molecule has 1 aromatic carbocycles. The number of nitrogens with zero attached hydrogens (tertiary/aromatic N) is 3. The fraction of sp³-hybridized carbons (Fsp3) is 0.409. The molecule has 31 heavy (non-hydrogen) atoms. The van der Waals surface area contributed by atoms with Crippen LogP contribution in [0.25, 0.3) is 11.1 Å². The number of aromatic nitrogens is 1. The number of carbonyl (C=O) groups is 1. The lowest BCUT2D eigenvalue weighted by atomic mass is 9.79. The molecule has 1 fully saturated rings. The average molecular weight is 444 g/mol. The first kappa shape index (κ1) is 21.3. The standard InChI is InChI=1S/C22H23ClFN5O2/c1-29(2)20(30)15-14(26)4-3-12(18(15)24)13-9-27-19-16(17(13)23)21(11-28-19)5-6-22(31,10-21)7-8-25/h3-4,9,31H,5-7,10-11,26H2,1-2H3,(H,27,28)/t21-,22-/m0/s1. The SMILES string of the molecule is CN(C)C(=O)c1c(N)ccc(-c2cnc3c(c2Cl)[C@]2(CC[C@](O)(CC#N)C2)CN3)c1F. The van der Waals surface area contributed by atoms with Gasteiger partial charge in [-0.25, -0.2) is 9.37 Å². The number of pyridine rings is 1. The van der Waals surface area contributed by atoms with E-state index in [0.29, 0.717) is 42.2 Å². The molecule has 2 atom stereocenters. The second-order valence-corrected chi connectivity index (χ2v) is 9.05. The topological polar surface area (TPSA) is 115 Å². The summed E-state index contributed by atoms with van der Waals surface area (Å²) in [5.41, 5.74) is 5.34. The van der Waals surface area contributed by atoms with Gasteiger partial charge >= 0.3 is 0 Å². The Morgan fingerprint density at radius 1 is 1.42 bits per heavy atom. The van der Waals surface area contributed by atoms with E-state index in [9.17, 15) is 9.90 Å². The van der Waals surface area contributed by atoms with Gasteiger partial charge in [-0.05, 0) is 31.4 Å². The van der Waals surface area contributed by atoms with Crippen LogP contribution in [0.2, 0.25) is 5.02 Å². The fourth-order valence-electron chi connectivity index (χ4n) is 4.82. The summed E-state index contributed by atoms with van der Waals surface area (Å²) in [7, 11) is 3.05. The van der Waals surface area contributed by atoms with E-state index in [1.165, 1.54) is 37.3 Å². The van der Waals surface area contributed by atoms with Crippen molar-refractivity contribution < 1.29 is 14.3 Å². The summed E-state index contributed by atoms with van der Waals surface area (Å²) in [6, 6.07) is 5.02. The Kier molecular flexibility index (Phi) is 5.07. The molecule has 4 N–H and O–H groups in total. The van der Waals surface area contributed by atoms with Crippen molar-refractivity contribution in [1.29, 1.82) is 5.26 Å². The largest absolute Gasteiger partial charge is 0.398 e. The van der Waals surface area contributed by atoms with E-state index < -0.39 is 22.7 Å². The highest BCUT2D eigenvalue weighted by molar-refractivity contribution is 6.34. The number of anilines is 2. The smallest absolute Gasteiger partial charge is 0.258 e. The number of nitrogens with two attached hydrogens (primary N) is 1. The summed E-state index contributed by atoms with van der Waals surface area (Å²) in [6.07, 6.45) is 2.98. The van der Waals surface area contributed by atoms with Gasteiger partial charge in [-0.2, -0.15) is 5.26 Å². The molecule has 162 valence electrons. The second kappa shape index (κ2) is 7.36. The predicted octanol–water partition coefficient (Wildman–Crippen LogP) is 3.32. The van der Waals surface area contributed by atoms with Gasteiger partial charge in [-0.1, -0.05) is 11.6 Å². The highest BCUT2D eigenvalue weighted by atomic mass is 35.5. The number of rotatable bonds is 3. The molecule has 1 saturated carbocycles. The van der Waals surface area contributed by atoms with Gasteiger partial charge in [-0.15, -0.1) is 0 Å². The molecule has 2 heterocycles. The number of hydrogen-bond donors (Lipinski definition) is 3. The average Bonchev–Trinajstić information content (AvgIpc) is 3.23. The molecule has 1 aliphatic heterocycles. The highest BCUT2D eigenvalue weighted by Gasteiger charge is 2.52. The predicted molar refractivity (Wildman–Crippen MR) is 116 cm³/mol. The number of hydrogen-bond acceptors (Lipinski definition) is 6. The van der Waals surface area contributed by atoms with Crippen molar-refractivity contribution in [2.45, 2.75) is 36.7 Å². The molecular formula is C22H23ClFN5O2. The van der Waals surface area contributed by atoms with Crippen molar-refractivity contribution >= 4 is 29.0 Å². The highest BCUT2D eigenvalue weighted by Crippen LogP contribution is 2.55. The molecule has 1 spiro atoms. The minimum absolute atomic E-state index is 0.0391. The van der Waals surface area contributed by atoms with Crippen LogP contribution in [-0.2, 0) is 5.41 Å². The zero-order valence-corrected chi connectivity index (χ0v) is 18.1. The van der Waals surface area contributed by atoms with E-state index in [0.717, 1.165) is 5.56 Å².